The molecule has 2 aromatic carbocycles. The lowest BCUT2D eigenvalue weighted by atomic mass is 10.0. The molecule has 0 saturated heterocycles. The lowest BCUT2D eigenvalue weighted by Gasteiger charge is -2.14. The molecule has 0 heterocycles. The van der Waals surface area contributed by atoms with Crippen LogP contribution < -0.4 is 5.32 Å². The molecular formula is C16H16ClNO. The van der Waals surface area contributed by atoms with E-state index in [4.69, 9.17) is 11.6 Å². The summed E-state index contributed by atoms with van der Waals surface area (Å²) >= 11 is 5.87. The molecule has 98 valence electrons. The fourth-order valence-electron chi connectivity index (χ4n) is 2.32. The van der Waals surface area contributed by atoms with Gasteiger partial charge in [-0.15, -0.1) is 11.6 Å². The van der Waals surface area contributed by atoms with Crippen molar-refractivity contribution in [1.29, 1.82) is 0 Å². The van der Waals surface area contributed by atoms with Crippen LogP contribution in [-0.2, 0) is 11.2 Å². The van der Waals surface area contributed by atoms with Crippen LogP contribution in [0.25, 0.3) is 10.8 Å². The third kappa shape index (κ3) is 2.74. The van der Waals surface area contributed by atoms with E-state index in [1.165, 1.54) is 10.8 Å². The van der Waals surface area contributed by atoms with Crippen LogP contribution in [0.4, 0.5) is 0 Å². The average Bonchev–Trinajstić information content (AvgIpc) is 3.19. The van der Waals surface area contributed by atoms with Crippen LogP contribution in [0.5, 0.6) is 0 Å². The predicted molar refractivity (Wildman–Crippen MR) is 78.5 cm³/mol. The van der Waals surface area contributed by atoms with Crippen LogP contribution in [0.2, 0.25) is 0 Å². The summed E-state index contributed by atoms with van der Waals surface area (Å²) in [6.45, 7) is 0. The zero-order valence-electron chi connectivity index (χ0n) is 10.7. The van der Waals surface area contributed by atoms with E-state index in [0.29, 0.717) is 12.3 Å². The van der Waals surface area contributed by atoms with Crippen LogP contribution in [0, 0.1) is 0 Å². The summed E-state index contributed by atoms with van der Waals surface area (Å²) < 4.78 is 0. The normalized spacial score (nSPS) is 16.3. The molecular weight excluding hydrogens is 258 g/mol. The van der Waals surface area contributed by atoms with E-state index in [2.05, 4.69) is 29.6 Å². The molecule has 19 heavy (non-hydrogen) atoms. The van der Waals surface area contributed by atoms with Gasteiger partial charge in [0, 0.05) is 5.88 Å². The highest BCUT2D eigenvalue weighted by Crippen LogP contribution is 2.36. The van der Waals surface area contributed by atoms with Crippen LogP contribution >= 0.6 is 11.6 Å². The van der Waals surface area contributed by atoms with E-state index in [-0.39, 0.29) is 11.4 Å². The Morgan fingerprint density at radius 3 is 2.58 bits per heavy atom. The summed E-state index contributed by atoms with van der Waals surface area (Å²) in [5.74, 6) is 0.574. The first-order valence-electron chi connectivity index (χ1n) is 6.55. The van der Waals surface area contributed by atoms with Gasteiger partial charge in [-0.1, -0.05) is 42.5 Å². The first kappa shape index (κ1) is 12.5. The van der Waals surface area contributed by atoms with Crippen molar-refractivity contribution < 1.29 is 4.79 Å². The molecule has 0 aliphatic heterocycles. The zero-order valence-corrected chi connectivity index (χ0v) is 11.4. The van der Waals surface area contributed by atoms with Crippen LogP contribution in [0.1, 0.15) is 18.4 Å². The molecule has 3 heteroatoms. The van der Waals surface area contributed by atoms with Crippen molar-refractivity contribution in [3.05, 3.63) is 48.0 Å². The first-order valence-corrected chi connectivity index (χ1v) is 7.09. The number of benzene rings is 2. The third-order valence-corrected chi connectivity index (χ3v) is 4.20. The molecule has 1 N–H and O–H groups in total. The van der Waals surface area contributed by atoms with Crippen LogP contribution in [-0.4, -0.2) is 17.3 Å². The quantitative estimate of drug-likeness (QED) is 0.851. The molecule has 1 saturated carbocycles. The van der Waals surface area contributed by atoms with Crippen molar-refractivity contribution in [2.45, 2.75) is 24.8 Å². The minimum atomic E-state index is -0.116. The number of hydrogen-bond acceptors (Lipinski definition) is 1. The molecule has 1 aliphatic rings. The van der Waals surface area contributed by atoms with Crippen molar-refractivity contribution in [3.63, 3.8) is 0 Å². The van der Waals surface area contributed by atoms with Crippen molar-refractivity contribution in [2.24, 2.45) is 0 Å². The summed E-state index contributed by atoms with van der Waals surface area (Å²) in [4.78, 5) is 12.0. The smallest absolute Gasteiger partial charge is 0.224 e. The Balaban J connectivity index is 1.72. The number of carbonyl (C=O) groups excluding carboxylic acids is 1. The number of rotatable bonds is 4. The molecule has 0 bridgehead atoms. The highest BCUT2D eigenvalue weighted by Gasteiger charge is 2.42. The fraction of sp³-hybridized carbons (Fsp3) is 0.312. The molecule has 0 unspecified atom stereocenters. The van der Waals surface area contributed by atoms with Gasteiger partial charge in [-0.2, -0.15) is 0 Å². The molecule has 1 aliphatic carbocycles. The Hall–Kier alpha value is -1.54. The van der Waals surface area contributed by atoms with E-state index < -0.39 is 0 Å². The molecule has 0 spiro atoms. The van der Waals surface area contributed by atoms with Crippen LogP contribution in [0.15, 0.2) is 42.5 Å². The summed E-state index contributed by atoms with van der Waals surface area (Å²) in [7, 11) is 0. The summed E-state index contributed by atoms with van der Waals surface area (Å²) in [5.41, 5.74) is 0.928. The number of amides is 1. The number of nitrogens with one attached hydrogen (secondary N) is 1. The highest BCUT2D eigenvalue weighted by molar-refractivity contribution is 6.19. The van der Waals surface area contributed by atoms with Crippen molar-refractivity contribution in [2.75, 3.05) is 5.88 Å². The standard InChI is InChI=1S/C16H16ClNO/c17-11-16(7-8-16)18-15(19)10-12-5-6-13-3-1-2-4-14(13)9-12/h1-6,9H,7-8,10-11H2,(H,18,19). The maximum atomic E-state index is 12.0. The maximum absolute atomic E-state index is 12.0. The lowest BCUT2D eigenvalue weighted by molar-refractivity contribution is -0.121. The summed E-state index contributed by atoms with van der Waals surface area (Å²) in [6, 6.07) is 14.3. The number of carbonyl (C=O) groups is 1. The van der Waals surface area contributed by atoms with Gasteiger partial charge in [-0.25, -0.2) is 0 Å². The SMILES string of the molecule is O=C(Cc1ccc2ccccc2c1)NC1(CCl)CC1. The Kier molecular flexibility index (Phi) is 3.19. The van der Waals surface area contributed by atoms with Crippen molar-refractivity contribution >= 4 is 28.3 Å². The summed E-state index contributed by atoms with van der Waals surface area (Å²) in [5, 5.41) is 5.42. The van der Waals surface area contributed by atoms with E-state index in [0.717, 1.165) is 18.4 Å². The Labute approximate surface area is 117 Å². The Morgan fingerprint density at radius 1 is 1.16 bits per heavy atom. The third-order valence-electron chi connectivity index (χ3n) is 3.69. The van der Waals surface area contributed by atoms with E-state index in [9.17, 15) is 4.79 Å². The van der Waals surface area contributed by atoms with Gasteiger partial charge in [-0.3, -0.25) is 4.79 Å². The topological polar surface area (TPSA) is 29.1 Å². The molecule has 0 radical (unpaired) electrons. The molecule has 1 amide bonds. The van der Waals surface area contributed by atoms with Crippen molar-refractivity contribution in [1.82, 2.24) is 5.32 Å². The van der Waals surface area contributed by atoms with Gasteiger partial charge in [0.15, 0.2) is 0 Å². The highest BCUT2D eigenvalue weighted by atomic mass is 35.5. The van der Waals surface area contributed by atoms with Gasteiger partial charge in [0.05, 0.1) is 12.0 Å². The molecule has 0 aromatic heterocycles. The number of hydrogen-bond donors (Lipinski definition) is 1. The monoisotopic (exact) mass is 273 g/mol. The fourth-order valence-corrected chi connectivity index (χ4v) is 2.65. The van der Waals surface area contributed by atoms with Gasteiger partial charge < -0.3 is 5.32 Å². The van der Waals surface area contributed by atoms with Crippen LogP contribution in [0.3, 0.4) is 0 Å². The van der Waals surface area contributed by atoms with E-state index >= 15 is 0 Å². The number of fused-ring (bicyclic) bond motifs is 1. The first-order chi connectivity index (χ1) is 9.21. The molecule has 0 atom stereocenters. The van der Waals surface area contributed by atoms with Gasteiger partial charge in [0.1, 0.15) is 0 Å². The minimum absolute atomic E-state index is 0.0634. The second-order valence-electron chi connectivity index (χ2n) is 5.32. The van der Waals surface area contributed by atoms with Gasteiger partial charge in [-0.05, 0) is 29.2 Å². The average molecular weight is 274 g/mol. The number of alkyl halides is 1. The van der Waals surface area contributed by atoms with Crippen molar-refractivity contribution in [3.8, 4) is 0 Å². The van der Waals surface area contributed by atoms with Gasteiger partial charge >= 0.3 is 0 Å². The number of halogens is 1. The van der Waals surface area contributed by atoms with E-state index in [1.807, 2.05) is 18.2 Å². The molecule has 2 aromatic rings. The minimum Gasteiger partial charge on any atom is -0.349 e. The second-order valence-corrected chi connectivity index (χ2v) is 5.59. The molecule has 3 rings (SSSR count). The van der Waals surface area contributed by atoms with Gasteiger partial charge in [0.25, 0.3) is 0 Å². The second kappa shape index (κ2) is 4.86. The maximum Gasteiger partial charge on any atom is 0.224 e. The Bertz CT molecular complexity index is 619. The Morgan fingerprint density at radius 2 is 1.89 bits per heavy atom. The zero-order chi connectivity index (χ0) is 13.3. The molecule has 2 nitrogen and oxygen atoms in total. The molecule has 1 fully saturated rings. The van der Waals surface area contributed by atoms with Gasteiger partial charge in [0.2, 0.25) is 5.91 Å². The largest absolute Gasteiger partial charge is 0.349 e. The summed E-state index contributed by atoms with van der Waals surface area (Å²) in [6.07, 6.45) is 2.42. The predicted octanol–water partition coefficient (Wildman–Crippen LogP) is 3.27. The van der Waals surface area contributed by atoms with E-state index in [1.54, 1.807) is 0 Å². The lowest BCUT2D eigenvalue weighted by Crippen LogP contribution is -2.39.